The lowest BCUT2D eigenvalue weighted by atomic mass is 10.2. The molecule has 0 saturated carbocycles. The Morgan fingerprint density at radius 1 is 1.59 bits per heavy atom. The molecule has 6 heteroatoms. The van der Waals surface area contributed by atoms with Crippen molar-refractivity contribution in [3.8, 4) is 0 Å². The number of nitrogens with one attached hydrogen (secondary N) is 1. The summed E-state index contributed by atoms with van der Waals surface area (Å²) in [4.78, 5) is 26.5. The Bertz CT molecular complexity index is 448. The molecule has 92 valence electrons. The van der Waals surface area contributed by atoms with Crippen LogP contribution in [-0.4, -0.2) is 28.0 Å². The number of aromatic nitrogens is 1. The van der Waals surface area contributed by atoms with Crippen molar-refractivity contribution in [3.63, 3.8) is 0 Å². The summed E-state index contributed by atoms with van der Waals surface area (Å²) in [6.45, 7) is 3.42. The van der Waals surface area contributed by atoms with Crippen LogP contribution in [-0.2, 0) is 4.79 Å². The molecule has 0 unspecified atom stereocenters. The Hall–Kier alpha value is -1.62. The first-order valence-corrected chi connectivity index (χ1v) is 5.49. The summed E-state index contributed by atoms with van der Waals surface area (Å²) >= 11 is 5.88. The average molecular weight is 257 g/mol. The normalized spacial score (nSPS) is 11.9. The van der Waals surface area contributed by atoms with E-state index in [4.69, 9.17) is 16.7 Å². The molecule has 1 heterocycles. The SMILES string of the molecule is CC[C@H](NC(=O)c1cnc(C)cc1Cl)C(=O)O. The molecule has 1 amide bonds. The van der Waals surface area contributed by atoms with Gasteiger partial charge in [-0.05, 0) is 19.4 Å². The predicted octanol–water partition coefficient (Wildman–Crippen LogP) is 1.64. The van der Waals surface area contributed by atoms with Gasteiger partial charge in [-0.1, -0.05) is 18.5 Å². The first-order chi connectivity index (χ1) is 7.95. The molecule has 0 saturated heterocycles. The maximum atomic E-state index is 11.8. The van der Waals surface area contributed by atoms with Crippen LogP contribution < -0.4 is 5.32 Å². The second kappa shape index (κ2) is 5.63. The highest BCUT2D eigenvalue weighted by atomic mass is 35.5. The summed E-state index contributed by atoms with van der Waals surface area (Å²) in [6, 6.07) is 0.637. The van der Waals surface area contributed by atoms with Crippen molar-refractivity contribution in [1.82, 2.24) is 10.3 Å². The Labute approximate surface area is 104 Å². The lowest BCUT2D eigenvalue weighted by Gasteiger charge is -2.12. The van der Waals surface area contributed by atoms with E-state index in [1.165, 1.54) is 6.20 Å². The third kappa shape index (κ3) is 3.42. The summed E-state index contributed by atoms with van der Waals surface area (Å²) in [5.74, 6) is -1.60. The molecule has 17 heavy (non-hydrogen) atoms. The van der Waals surface area contributed by atoms with Crippen molar-refractivity contribution < 1.29 is 14.7 Å². The van der Waals surface area contributed by atoms with E-state index in [2.05, 4.69) is 10.3 Å². The van der Waals surface area contributed by atoms with Crippen molar-refractivity contribution in [2.24, 2.45) is 0 Å². The number of carbonyl (C=O) groups is 2. The monoisotopic (exact) mass is 256 g/mol. The van der Waals surface area contributed by atoms with E-state index < -0.39 is 17.9 Å². The topological polar surface area (TPSA) is 79.3 Å². The lowest BCUT2D eigenvalue weighted by molar-refractivity contribution is -0.139. The van der Waals surface area contributed by atoms with E-state index in [1.807, 2.05) is 0 Å². The molecule has 0 bridgehead atoms. The number of carbonyl (C=O) groups excluding carboxylic acids is 1. The highest BCUT2D eigenvalue weighted by molar-refractivity contribution is 6.33. The first kappa shape index (κ1) is 13.4. The van der Waals surface area contributed by atoms with E-state index in [-0.39, 0.29) is 10.6 Å². The van der Waals surface area contributed by atoms with E-state index in [1.54, 1.807) is 19.9 Å². The van der Waals surface area contributed by atoms with Gasteiger partial charge in [0.2, 0.25) is 0 Å². The van der Waals surface area contributed by atoms with Gasteiger partial charge in [0, 0.05) is 11.9 Å². The molecule has 0 aromatic carbocycles. The van der Waals surface area contributed by atoms with Gasteiger partial charge < -0.3 is 10.4 Å². The standard InChI is InChI=1S/C11H13ClN2O3/c1-3-9(11(16)17)14-10(15)7-5-13-6(2)4-8(7)12/h4-5,9H,3H2,1-2H3,(H,14,15)(H,16,17)/t9-/m0/s1. The van der Waals surface area contributed by atoms with Crippen LogP contribution in [0.2, 0.25) is 5.02 Å². The number of aryl methyl sites for hydroxylation is 1. The fourth-order valence-corrected chi connectivity index (χ4v) is 1.56. The second-order valence-electron chi connectivity index (χ2n) is 3.58. The first-order valence-electron chi connectivity index (χ1n) is 5.11. The molecule has 0 spiro atoms. The molecule has 1 atom stereocenters. The van der Waals surface area contributed by atoms with Crippen molar-refractivity contribution >= 4 is 23.5 Å². The number of amides is 1. The van der Waals surface area contributed by atoms with Crippen molar-refractivity contribution in [3.05, 3.63) is 28.5 Å². The molecule has 0 radical (unpaired) electrons. The van der Waals surface area contributed by atoms with Crippen molar-refractivity contribution in [2.75, 3.05) is 0 Å². The predicted molar refractivity (Wildman–Crippen MR) is 63.2 cm³/mol. The second-order valence-corrected chi connectivity index (χ2v) is 3.99. The van der Waals surface area contributed by atoms with Crippen LogP contribution in [0.25, 0.3) is 0 Å². The minimum atomic E-state index is -1.07. The Kier molecular flexibility index (Phi) is 4.45. The summed E-state index contributed by atoms with van der Waals surface area (Å²) in [5.41, 5.74) is 0.869. The summed E-state index contributed by atoms with van der Waals surface area (Å²) in [5, 5.41) is 11.5. The number of carboxylic acids is 1. The Balaban J connectivity index is 2.86. The third-order valence-corrected chi connectivity index (χ3v) is 2.56. The summed E-state index contributed by atoms with van der Waals surface area (Å²) < 4.78 is 0. The van der Waals surface area contributed by atoms with Crippen LogP contribution >= 0.6 is 11.6 Å². The number of hydrogen-bond acceptors (Lipinski definition) is 3. The average Bonchev–Trinajstić information content (AvgIpc) is 2.24. The quantitative estimate of drug-likeness (QED) is 0.858. The summed E-state index contributed by atoms with van der Waals surface area (Å²) in [6.07, 6.45) is 1.64. The minimum Gasteiger partial charge on any atom is -0.480 e. The number of carboxylic acid groups (broad SMARTS) is 1. The molecular weight excluding hydrogens is 244 g/mol. The molecule has 1 rings (SSSR count). The zero-order valence-corrected chi connectivity index (χ0v) is 10.3. The van der Waals surface area contributed by atoms with E-state index in [0.717, 1.165) is 0 Å². The highest BCUT2D eigenvalue weighted by Gasteiger charge is 2.20. The number of pyridine rings is 1. The number of rotatable bonds is 4. The zero-order chi connectivity index (χ0) is 13.0. The van der Waals surface area contributed by atoms with Crippen molar-refractivity contribution in [2.45, 2.75) is 26.3 Å². The Morgan fingerprint density at radius 3 is 2.71 bits per heavy atom. The fraction of sp³-hybridized carbons (Fsp3) is 0.364. The van der Waals surface area contributed by atoms with Crippen LogP contribution in [0.15, 0.2) is 12.3 Å². The van der Waals surface area contributed by atoms with Crippen LogP contribution in [0.3, 0.4) is 0 Å². The smallest absolute Gasteiger partial charge is 0.326 e. The van der Waals surface area contributed by atoms with Gasteiger partial charge in [-0.15, -0.1) is 0 Å². The minimum absolute atomic E-state index is 0.178. The molecule has 1 aromatic rings. The van der Waals surface area contributed by atoms with Crippen molar-refractivity contribution in [1.29, 1.82) is 0 Å². The molecule has 0 aliphatic rings. The lowest BCUT2D eigenvalue weighted by Crippen LogP contribution is -2.40. The summed E-state index contributed by atoms with van der Waals surface area (Å²) in [7, 11) is 0. The van der Waals surface area contributed by atoms with E-state index in [9.17, 15) is 9.59 Å². The van der Waals surface area contributed by atoms with E-state index in [0.29, 0.717) is 12.1 Å². The molecule has 1 aromatic heterocycles. The van der Waals surface area contributed by atoms with E-state index >= 15 is 0 Å². The third-order valence-electron chi connectivity index (χ3n) is 2.25. The van der Waals surface area contributed by atoms with Crippen LogP contribution in [0.4, 0.5) is 0 Å². The van der Waals surface area contributed by atoms with Crippen LogP contribution in [0.1, 0.15) is 29.4 Å². The number of aliphatic carboxylic acids is 1. The molecular formula is C11H13ClN2O3. The van der Waals surface area contributed by atoms with Crippen LogP contribution in [0, 0.1) is 6.92 Å². The van der Waals surface area contributed by atoms with Gasteiger partial charge in [0.1, 0.15) is 6.04 Å². The largest absolute Gasteiger partial charge is 0.480 e. The molecule has 0 aliphatic carbocycles. The van der Waals surface area contributed by atoms with Crippen LogP contribution in [0.5, 0.6) is 0 Å². The van der Waals surface area contributed by atoms with Gasteiger partial charge in [0.15, 0.2) is 0 Å². The highest BCUT2D eigenvalue weighted by Crippen LogP contribution is 2.15. The molecule has 0 aliphatic heterocycles. The maximum Gasteiger partial charge on any atom is 0.326 e. The Morgan fingerprint density at radius 2 is 2.24 bits per heavy atom. The fourth-order valence-electron chi connectivity index (χ4n) is 1.27. The molecule has 5 nitrogen and oxygen atoms in total. The van der Waals surface area contributed by atoms with Gasteiger partial charge >= 0.3 is 5.97 Å². The van der Waals surface area contributed by atoms with Gasteiger partial charge in [-0.3, -0.25) is 9.78 Å². The van der Waals surface area contributed by atoms with Gasteiger partial charge in [0.05, 0.1) is 10.6 Å². The number of hydrogen-bond donors (Lipinski definition) is 2. The zero-order valence-electron chi connectivity index (χ0n) is 9.53. The van der Waals surface area contributed by atoms with Gasteiger partial charge in [0.25, 0.3) is 5.91 Å². The number of nitrogens with zero attached hydrogens (tertiary/aromatic N) is 1. The maximum absolute atomic E-state index is 11.8. The van der Waals surface area contributed by atoms with Gasteiger partial charge in [-0.25, -0.2) is 4.79 Å². The number of halogens is 1. The molecule has 0 fully saturated rings. The van der Waals surface area contributed by atoms with Gasteiger partial charge in [-0.2, -0.15) is 0 Å². The molecule has 2 N–H and O–H groups in total.